The number of anilines is 1. The molecule has 0 spiro atoms. The smallest absolute Gasteiger partial charge is 0.358 e. The fourth-order valence-corrected chi connectivity index (χ4v) is 1.38. The number of aliphatic hydroxyl groups excluding tert-OH is 1. The van der Waals surface area contributed by atoms with Crippen molar-refractivity contribution in [3.05, 3.63) is 18.1 Å². The van der Waals surface area contributed by atoms with Gasteiger partial charge < -0.3 is 15.2 Å². The standard InChI is InChI=1S/C11H17N3O3/c1-3-8(4-5-15)13-10-7-12-6-9(14-10)11(16)17-2/h6-8,15H,3-5H2,1-2H3,(H,13,14). The van der Waals surface area contributed by atoms with Gasteiger partial charge in [-0.1, -0.05) is 6.92 Å². The van der Waals surface area contributed by atoms with E-state index in [0.717, 1.165) is 6.42 Å². The van der Waals surface area contributed by atoms with Gasteiger partial charge in [0.25, 0.3) is 0 Å². The summed E-state index contributed by atoms with van der Waals surface area (Å²) in [5.74, 6) is -0.00967. The van der Waals surface area contributed by atoms with Gasteiger partial charge in [-0.25, -0.2) is 9.78 Å². The van der Waals surface area contributed by atoms with Crippen molar-refractivity contribution in [1.29, 1.82) is 0 Å². The summed E-state index contributed by atoms with van der Waals surface area (Å²) in [5.41, 5.74) is 0.163. The van der Waals surface area contributed by atoms with Crippen molar-refractivity contribution in [2.75, 3.05) is 19.0 Å². The lowest BCUT2D eigenvalue weighted by Gasteiger charge is -2.16. The van der Waals surface area contributed by atoms with Crippen LogP contribution in [0.25, 0.3) is 0 Å². The van der Waals surface area contributed by atoms with Crippen molar-refractivity contribution in [2.24, 2.45) is 0 Å². The summed E-state index contributed by atoms with van der Waals surface area (Å²) in [6.07, 6.45) is 4.36. The Morgan fingerprint density at radius 3 is 2.94 bits per heavy atom. The molecule has 0 fully saturated rings. The zero-order valence-electron chi connectivity index (χ0n) is 10.0. The maximum atomic E-state index is 11.3. The molecular formula is C11H17N3O3. The molecule has 6 heteroatoms. The van der Waals surface area contributed by atoms with Crippen molar-refractivity contribution in [3.63, 3.8) is 0 Å². The van der Waals surface area contributed by atoms with E-state index in [2.05, 4.69) is 20.0 Å². The van der Waals surface area contributed by atoms with Crippen molar-refractivity contribution in [1.82, 2.24) is 9.97 Å². The van der Waals surface area contributed by atoms with Gasteiger partial charge in [-0.15, -0.1) is 0 Å². The number of nitrogens with one attached hydrogen (secondary N) is 1. The molecule has 1 aromatic rings. The number of hydrogen-bond donors (Lipinski definition) is 2. The Balaban J connectivity index is 2.74. The first kappa shape index (κ1) is 13.4. The molecule has 2 N–H and O–H groups in total. The number of carbonyl (C=O) groups excluding carboxylic acids is 1. The van der Waals surface area contributed by atoms with Gasteiger partial charge in [0.05, 0.1) is 19.5 Å². The topological polar surface area (TPSA) is 84.3 Å². The zero-order valence-corrected chi connectivity index (χ0v) is 10.0. The second-order valence-electron chi connectivity index (χ2n) is 3.54. The van der Waals surface area contributed by atoms with Crippen molar-refractivity contribution in [3.8, 4) is 0 Å². The Morgan fingerprint density at radius 1 is 1.59 bits per heavy atom. The third-order valence-corrected chi connectivity index (χ3v) is 2.35. The molecule has 94 valence electrons. The zero-order chi connectivity index (χ0) is 12.7. The summed E-state index contributed by atoms with van der Waals surface area (Å²) in [4.78, 5) is 19.3. The van der Waals surface area contributed by atoms with Gasteiger partial charge in [0, 0.05) is 12.6 Å². The minimum atomic E-state index is -0.517. The maximum Gasteiger partial charge on any atom is 0.358 e. The molecule has 1 aromatic heterocycles. The number of methoxy groups -OCH3 is 1. The van der Waals surface area contributed by atoms with Gasteiger partial charge in [-0.05, 0) is 12.8 Å². The van der Waals surface area contributed by atoms with E-state index < -0.39 is 5.97 Å². The van der Waals surface area contributed by atoms with Gasteiger partial charge in [0.2, 0.25) is 0 Å². The molecule has 0 aliphatic rings. The molecule has 0 aromatic carbocycles. The van der Waals surface area contributed by atoms with Crippen molar-refractivity contribution in [2.45, 2.75) is 25.8 Å². The van der Waals surface area contributed by atoms with E-state index in [1.807, 2.05) is 6.92 Å². The van der Waals surface area contributed by atoms with E-state index in [1.54, 1.807) is 0 Å². The van der Waals surface area contributed by atoms with Gasteiger partial charge in [-0.2, -0.15) is 0 Å². The largest absolute Gasteiger partial charge is 0.464 e. The number of esters is 1. The van der Waals surface area contributed by atoms with E-state index >= 15 is 0 Å². The summed E-state index contributed by atoms with van der Waals surface area (Å²) >= 11 is 0. The number of nitrogens with zero attached hydrogens (tertiary/aromatic N) is 2. The van der Waals surface area contributed by atoms with Crippen LogP contribution in [0.3, 0.4) is 0 Å². The number of aromatic nitrogens is 2. The average molecular weight is 239 g/mol. The van der Waals surface area contributed by atoms with Crippen LogP contribution in [0, 0.1) is 0 Å². The molecule has 1 unspecified atom stereocenters. The van der Waals surface area contributed by atoms with Crippen LogP contribution < -0.4 is 5.32 Å². The van der Waals surface area contributed by atoms with E-state index in [4.69, 9.17) is 5.11 Å². The molecule has 0 bridgehead atoms. The molecule has 0 saturated heterocycles. The summed E-state index contributed by atoms with van der Waals surface area (Å²) in [6.45, 7) is 2.11. The highest BCUT2D eigenvalue weighted by Gasteiger charge is 2.10. The van der Waals surface area contributed by atoms with E-state index in [0.29, 0.717) is 12.2 Å². The number of hydrogen-bond acceptors (Lipinski definition) is 6. The second kappa shape index (κ2) is 6.80. The minimum absolute atomic E-state index is 0.107. The van der Waals surface area contributed by atoms with E-state index in [1.165, 1.54) is 19.5 Å². The Hall–Kier alpha value is -1.69. The van der Waals surface area contributed by atoms with Crippen molar-refractivity contribution >= 4 is 11.8 Å². The Morgan fingerprint density at radius 2 is 2.35 bits per heavy atom. The quantitative estimate of drug-likeness (QED) is 0.715. The fourth-order valence-electron chi connectivity index (χ4n) is 1.38. The van der Waals surface area contributed by atoms with Crippen LogP contribution in [-0.2, 0) is 4.74 Å². The molecule has 1 rings (SSSR count). The highest BCUT2D eigenvalue weighted by Crippen LogP contribution is 2.08. The summed E-state index contributed by atoms with van der Waals surface area (Å²) in [6, 6.07) is 0.113. The summed E-state index contributed by atoms with van der Waals surface area (Å²) < 4.78 is 4.56. The summed E-state index contributed by atoms with van der Waals surface area (Å²) in [7, 11) is 1.30. The number of ether oxygens (including phenoxy) is 1. The predicted octanol–water partition coefficient (Wildman–Crippen LogP) is 0.836. The van der Waals surface area contributed by atoms with Gasteiger partial charge in [-0.3, -0.25) is 4.98 Å². The average Bonchev–Trinajstić information content (AvgIpc) is 2.37. The molecular weight excluding hydrogens is 222 g/mol. The van der Waals surface area contributed by atoms with E-state index in [9.17, 15) is 4.79 Å². The van der Waals surface area contributed by atoms with Crippen LogP contribution >= 0.6 is 0 Å². The molecule has 0 amide bonds. The summed E-state index contributed by atoms with van der Waals surface area (Å²) in [5, 5.41) is 12.0. The molecule has 0 aliphatic carbocycles. The van der Waals surface area contributed by atoms with Crippen LogP contribution in [0.4, 0.5) is 5.82 Å². The van der Waals surface area contributed by atoms with Crippen molar-refractivity contribution < 1.29 is 14.6 Å². The third kappa shape index (κ3) is 3.99. The molecule has 6 nitrogen and oxygen atoms in total. The number of rotatable bonds is 6. The molecule has 0 radical (unpaired) electrons. The highest BCUT2D eigenvalue weighted by atomic mass is 16.5. The van der Waals surface area contributed by atoms with Crippen LogP contribution in [0.15, 0.2) is 12.4 Å². The number of aliphatic hydroxyl groups is 1. The van der Waals surface area contributed by atoms with Crippen LogP contribution in [0.5, 0.6) is 0 Å². The lowest BCUT2D eigenvalue weighted by Crippen LogP contribution is -2.21. The molecule has 1 heterocycles. The van der Waals surface area contributed by atoms with E-state index in [-0.39, 0.29) is 18.3 Å². The Kier molecular flexibility index (Phi) is 5.35. The lowest BCUT2D eigenvalue weighted by molar-refractivity contribution is 0.0593. The van der Waals surface area contributed by atoms with Crippen LogP contribution in [0.2, 0.25) is 0 Å². The fraction of sp³-hybridized carbons (Fsp3) is 0.545. The SMILES string of the molecule is CCC(CCO)Nc1cncc(C(=O)OC)n1. The van der Waals surface area contributed by atoms with Gasteiger partial charge >= 0.3 is 5.97 Å². The first-order chi connectivity index (χ1) is 8.21. The third-order valence-electron chi connectivity index (χ3n) is 2.35. The van der Waals surface area contributed by atoms with Gasteiger partial charge in [0.15, 0.2) is 5.69 Å². The molecule has 17 heavy (non-hydrogen) atoms. The normalized spacial score (nSPS) is 11.9. The molecule has 0 aliphatic heterocycles. The van der Waals surface area contributed by atoms with Crippen LogP contribution in [-0.4, -0.2) is 40.8 Å². The lowest BCUT2D eigenvalue weighted by atomic mass is 10.1. The molecule has 1 atom stereocenters. The maximum absolute atomic E-state index is 11.3. The molecule has 0 saturated carbocycles. The van der Waals surface area contributed by atoms with Crippen LogP contribution in [0.1, 0.15) is 30.3 Å². The first-order valence-corrected chi connectivity index (χ1v) is 5.49. The predicted molar refractivity (Wildman–Crippen MR) is 62.8 cm³/mol. The Bertz CT molecular complexity index is 371. The minimum Gasteiger partial charge on any atom is -0.464 e. The number of carbonyl (C=O) groups is 1. The monoisotopic (exact) mass is 239 g/mol. The highest BCUT2D eigenvalue weighted by molar-refractivity contribution is 5.87. The first-order valence-electron chi connectivity index (χ1n) is 5.49. The van der Waals surface area contributed by atoms with Gasteiger partial charge in [0.1, 0.15) is 5.82 Å². The Labute approximate surface area is 100 Å². The second-order valence-corrected chi connectivity index (χ2v) is 3.54.